The molecular weight excluding hydrogens is 444 g/mol. The summed E-state index contributed by atoms with van der Waals surface area (Å²) in [4.78, 5) is 36.7. The Bertz CT molecular complexity index is 1120. The first-order valence-corrected chi connectivity index (χ1v) is 12.0. The van der Waals surface area contributed by atoms with Gasteiger partial charge in [0.2, 0.25) is 5.91 Å². The maximum absolute atomic E-state index is 12.7. The molecule has 0 heterocycles. The SMILES string of the molecule is CC#CCC(NC(=O)[C@@H]1CCC[C@@H](NC(=O)OCC2c3ccccc3-c3ccccc32)C1)C(=O)O. The van der Waals surface area contributed by atoms with Crippen molar-refractivity contribution in [1.82, 2.24) is 10.6 Å². The van der Waals surface area contributed by atoms with Gasteiger partial charge in [-0.3, -0.25) is 4.79 Å². The van der Waals surface area contributed by atoms with E-state index in [4.69, 9.17) is 4.74 Å². The maximum Gasteiger partial charge on any atom is 0.407 e. The highest BCUT2D eigenvalue weighted by atomic mass is 16.5. The third kappa shape index (κ3) is 5.65. The fraction of sp³-hybridized carbons (Fsp3) is 0.393. The summed E-state index contributed by atoms with van der Waals surface area (Å²) in [5.41, 5.74) is 4.64. The Morgan fingerprint density at radius 1 is 1.06 bits per heavy atom. The number of nitrogens with one attached hydrogen (secondary N) is 2. The normalized spacial score (nSPS) is 19.3. The van der Waals surface area contributed by atoms with Crippen molar-refractivity contribution in [2.75, 3.05) is 6.61 Å². The van der Waals surface area contributed by atoms with E-state index in [-0.39, 0.29) is 36.8 Å². The molecule has 4 rings (SSSR count). The number of carboxylic acid groups (broad SMARTS) is 1. The van der Waals surface area contributed by atoms with Crippen LogP contribution in [-0.2, 0) is 14.3 Å². The Balaban J connectivity index is 1.31. The van der Waals surface area contributed by atoms with Crippen LogP contribution in [-0.4, -0.2) is 41.8 Å². The lowest BCUT2D eigenvalue weighted by Gasteiger charge is -2.29. The average molecular weight is 475 g/mol. The highest BCUT2D eigenvalue weighted by molar-refractivity contribution is 5.85. The first-order chi connectivity index (χ1) is 17.0. The number of aliphatic carboxylic acids is 1. The molecule has 2 aliphatic carbocycles. The van der Waals surface area contributed by atoms with Crippen LogP contribution in [0.15, 0.2) is 48.5 Å². The van der Waals surface area contributed by atoms with Gasteiger partial charge in [0.25, 0.3) is 0 Å². The van der Waals surface area contributed by atoms with Gasteiger partial charge in [0.15, 0.2) is 0 Å². The summed E-state index contributed by atoms with van der Waals surface area (Å²) in [7, 11) is 0. The summed E-state index contributed by atoms with van der Waals surface area (Å²) in [6.45, 7) is 1.86. The van der Waals surface area contributed by atoms with Gasteiger partial charge < -0.3 is 20.5 Å². The molecule has 1 fully saturated rings. The van der Waals surface area contributed by atoms with Gasteiger partial charge in [-0.2, -0.15) is 0 Å². The van der Waals surface area contributed by atoms with Crippen molar-refractivity contribution < 1.29 is 24.2 Å². The van der Waals surface area contributed by atoms with Crippen molar-refractivity contribution in [2.45, 2.75) is 57.0 Å². The third-order valence-electron chi connectivity index (χ3n) is 6.81. The summed E-state index contributed by atoms with van der Waals surface area (Å²) >= 11 is 0. The lowest BCUT2D eigenvalue weighted by molar-refractivity contribution is -0.142. The van der Waals surface area contributed by atoms with Crippen molar-refractivity contribution in [2.24, 2.45) is 5.92 Å². The predicted molar refractivity (Wildman–Crippen MR) is 132 cm³/mol. The maximum atomic E-state index is 12.7. The molecule has 0 aliphatic heterocycles. The lowest BCUT2D eigenvalue weighted by atomic mass is 9.85. The Hall–Kier alpha value is -3.79. The second-order valence-electron chi connectivity index (χ2n) is 9.06. The van der Waals surface area contributed by atoms with Gasteiger partial charge in [-0.05, 0) is 48.4 Å². The van der Waals surface area contributed by atoms with Crippen molar-refractivity contribution >= 4 is 18.0 Å². The molecule has 182 valence electrons. The van der Waals surface area contributed by atoms with Crippen LogP contribution in [0.2, 0.25) is 0 Å². The van der Waals surface area contributed by atoms with E-state index in [1.807, 2.05) is 24.3 Å². The zero-order valence-corrected chi connectivity index (χ0v) is 19.8. The van der Waals surface area contributed by atoms with Crippen LogP contribution in [0.4, 0.5) is 4.79 Å². The summed E-state index contributed by atoms with van der Waals surface area (Å²) in [6, 6.07) is 15.1. The van der Waals surface area contributed by atoms with E-state index < -0.39 is 18.1 Å². The molecule has 1 saturated carbocycles. The molecule has 7 nitrogen and oxygen atoms in total. The van der Waals surface area contributed by atoms with Crippen molar-refractivity contribution in [3.8, 4) is 23.0 Å². The Morgan fingerprint density at radius 2 is 1.71 bits per heavy atom. The van der Waals surface area contributed by atoms with Gasteiger partial charge >= 0.3 is 12.1 Å². The van der Waals surface area contributed by atoms with Crippen LogP contribution in [0.3, 0.4) is 0 Å². The summed E-state index contributed by atoms with van der Waals surface area (Å²) < 4.78 is 5.63. The van der Waals surface area contributed by atoms with Crippen LogP contribution in [0.25, 0.3) is 11.1 Å². The molecule has 2 aromatic rings. The van der Waals surface area contributed by atoms with Gasteiger partial charge in [-0.25, -0.2) is 9.59 Å². The minimum atomic E-state index is -1.11. The first kappa shape index (κ1) is 24.3. The van der Waals surface area contributed by atoms with E-state index in [0.717, 1.165) is 24.0 Å². The summed E-state index contributed by atoms with van der Waals surface area (Å²) in [6.07, 6.45) is 2.17. The molecule has 0 spiro atoms. The number of alkyl carbamates (subject to hydrolysis) is 1. The molecule has 0 aromatic heterocycles. The predicted octanol–water partition coefficient (Wildman–Crippen LogP) is 4.07. The minimum absolute atomic E-state index is 0.0165. The van der Waals surface area contributed by atoms with E-state index in [0.29, 0.717) is 12.8 Å². The van der Waals surface area contributed by atoms with Crippen LogP contribution in [0, 0.1) is 17.8 Å². The van der Waals surface area contributed by atoms with Crippen LogP contribution in [0.5, 0.6) is 0 Å². The van der Waals surface area contributed by atoms with Crippen molar-refractivity contribution in [3.05, 3.63) is 59.7 Å². The minimum Gasteiger partial charge on any atom is -0.480 e. The van der Waals surface area contributed by atoms with Crippen molar-refractivity contribution in [1.29, 1.82) is 0 Å². The average Bonchev–Trinajstić information content (AvgIpc) is 3.19. The molecular formula is C28H30N2O5. The zero-order valence-electron chi connectivity index (χ0n) is 19.8. The molecule has 3 N–H and O–H groups in total. The summed E-state index contributed by atoms with van der Waals surface area (Å²) in [5.74, 6) is 3.56. The first-order valence-electron chi connectivity index (χ1n) is 12.0. The molecule has 7 heteroatoms. The Labute approximate surface area is 205 Å². The van der Waals surface area contributed by atoms with Crippen LogP contribution in [0.1, 0.15) is 56.1 Å². The Kier molecular flexibility index (Phi) is 7.71. The molecule has 2 amide bonds. The number of carbonyl (C=O) groups is 3. The molecule has 0 radical (unpaired) electrons. The number of hydrogen-bond donors (Lipinski definition) is 3. The molecule has 0 bridgehead atoms. The van der Waals surface area contributed by atoms with Gasteiger partial charge in [0.05, 0.1) is 0 Å². The third-order valence-corrected chi connectivity index (χ3v) is 6.81. The highest BCUT2D eigenvalue weighted by Crippen LogP contribution is 2.44. The number of benzene rings is 2. The second kappa shape index (κ2) is 11.1. The highest BCUT2D eigenvalue weighted by Gasteiger charge is 2.32. The Morgan fingerprint density at radius 3 is 2.34 bits per heavy atom. The number of rotatable bonds is 7. The number of ether oxygens (including phenoxy) is 1. The largest absolute Gasteiger partial charge is 0.480 e. The van der Waals surface area contributed by atoms with Gasteiger partial charge in [0, 0.05) is 24.3 Å². The van der Waals surface area contributed by atoms with E-state index in [1.54, 1.807) is 6.92 Å². The fourth-order valence-electron chi connectivity index (χ4n) is 5.06. The van der Waals surface area contributed by atoms with Gasteiger partial charge in [-0.15, -0.1) is 11.8 Å². The van der Waals surface area contributed by atoms with E-state index in [1.165, 1.54) is 11.1 Å². The zero-order chi connectivity index (χ0) is 24.8. The molecule has 1 unspecified atom stereocenters. The molecule has 2 aromatic carbocycles. The molecule has 35 heavy (non-hydrogen) atoms. The standard InChI is InChI=1S/C28H30N2O5/c1-2-3-15-25(27(32)33)30-26(31)18-9-8-10-19(16-18)29-28(34)35-17-24-22-13-6-4-11-20(22)21-12-5-7-14-23(21)24/h4-7,11-14,18-19,24-25H,8-10,15-17H2,1H3,(H,29,34)(H,30,31)(H,32,33)/t18-,19-,25?/m1/s1. The summed E-state index contributed by atoms with van der Waals surface area (Å²) in [5, 5.41) is 14.8. The topological polar surface area (TPSA) is 105 Å². The number of carbonyl (C=O) groups excluding carboxylic acids is 2. The van der Waals surface area contributed by atoms with Gasteiger partial charge in [-0.1, -0.05) is 55.0 Å². The van der Waals surface area contributed by atoms with E-state index >= 15 is 0 Å². The van der Waals surface area contributed by atoms with E-state index in [2.05, 4.69) is 46.7 Å². The van der Waals surface area contributed by atoms with Crippen LogP contribution < -0.4 is 10.6 Å². The van der Waals surface area contributed by atoms with Crippen LogP contribution >= 0.6 is 0 Å². The number of fused-ring (bicyclic) bond motifs is 3. The number of hydrogen-bond acceptors (Lipinski definition) is 4. The van der Waals surface area contributed by atoms with Crippen molar-refractivity contribution in [3.63, 3.8) is 0 Å². The molecule has 0 saturated heterocycles. The smallest absolute Gasteiger partial charge is 0.407 e. The monoisotopic (exact) mass is 474 g/mol. The van der Waals surface area contributed by atoms with Gasteiger partial charge in [0.1, 0.15) is 12.6 Å². The second-order valence-corrected chi connectivity index (χ2v) is 9.06. The van der Waals surface area contributed by atoms with E-state index in [9.17, 15) is 19.5 Å². The molecule has 2 aliphatic rings. The number of carboxylic acids is 1. The fourth-order valence-corrected chi connectivity index (χ4v) is 5.06. The lowest BCUT2D eigenvalue weighted by Crippen LogP contribution is -2.47. The molecule has 3 atom stereocenters. The number of amides is 2. The quantitative estimate of drug-likeness (QED) is 0.525.